The third-order valence-corrected chi connectivity index (χ3v) is 4.21. The Kier molecular flexibility index (Phi) is 3.10. The molecule has 0 spiro atoms. The Labute approximate surface area is 118 Å². The Balaban J connectivity index is 2.05. The van der Waals surface area contributed by atoms with Crippen LogP contribution in [0.4, 0.5) is 5.69 Å². The summed E-state index contributed by atoms with van der Waals surface area (Å²) in [7, 11) is 0. The van der Waals surface area contributed by atoms with Gasteiger partial charge in [0, 0.05) is 18.0 Å². The molecule has 0 fully saturated rings. The molecule has 2 aromatic rings. The summed E-state index contributed by atoms with van der Waals surface area (Å²) in [5.41, 5.74) is 2.28. The molecule has 3 rings (SSSR count). The first-order valence-electron chi connectivity index (χ1n) is 6.11. The van der Waals surface area contributed by atoms with Crippen LogP contribution >= 0.6 is 15.9 Å². The molecule has 1 aromatic carbocycles. The molecule has 6 heteroatoms. The van der Waals surface area contributed by atoms with Crippen LogP contribution in [0.2, 0.25) is 0 Å². The minimum absolute atomic E-state index is 0.115. The van der Waals surface area contributed by atoms with E-state index in [2.05, 4.69) is 25.5 Å². The number of aryl methyl sites for hydroxylation is 1. The van der Waals surface area contributed by atoms with Gasteiger partial charge in [0.15, 0.2) is 0 Å². The van der Waals surface area contributed by atoms with Gasteiger partial charge < -0.3 is 4.57 Å². The van der Waals surface area contributed by atoms with Gasteiger partial charge in [-0.2, -0.15) is 0 Å². The maximum atomic E-state index is 11.0. The molecule has 1 aromatic heterocycles. The van der Waals surface area contributed by atoms with Crippen molar-refractivity contribution < 1.29 is 4.92 Å². The molecule has 1 unspecified atom stereocenters. The number of imidazole rings is 1. The second-order valence-electron chi connectivity index (χ2n) is 4.67. The SMILES string of the molecule is O=[N+]([O-])c1cc(C2CCCc3cncn32)ccc1Br. The van der Waals surface area contributed by atoms with Crippen molar-refractivity contribution in [1.29, 1.82) is 0 Å². The number of hydrogen-bond acceptors (Lipinski definition) is 3. The molecule has 1 aliphatic heterocycles. The summed E-state index contributed by atoms with van der Waals surface area (Å²) in [6.45, 7) is 0. The van der Waals surface area contributed by atoms with Crippen LogP contribution in [0.25, 0.3) is 0 Å². The van der Waals surface area contributed by atoms with Crippen molar-refractivity contribution >= 4 is 21.6 Å². The van der Waals surface area contributed by atoms with Crippen LogP contribution in [0, 0.1) is 10.1 Å². The Morgan fingerprint density at radius 1 is 1.47 bits per heavy atom. The van der Waals surface area contributed by atoms with Gasteiger partial charge in [-0.3, -0.25) is 10.1 Å². The molecule has 1 aliphatic rings. The molecule has 19 heavy (non-hydrogen) atoms. The van der Waals surface area contributed by atoms with E-state index in [0.717, 1.165) is 24.8 Å². The van der Waals surface area contributed by atoms with Gasteiger partial charge in [-0.05, 0) is 46.8 Å². The normalized spacial score (nSPS) is 18.1. The molecular formula is C13H12BrN3O2. The summed E-state index contributed by atoms with van der Waals surface area (Å²) in [6.07, 6.45) is 6.78. The minimum Gasteiger partial charge on any atom is -0.327 e. The second-order valence-corrected chi connectivity index (χ2v) is 5.52. The predicted octanol–water partition coefficient (Wildman–Crippen LogP) is 3.48. The van der Waals surface area contributed by atoms with Crippen LogP contribution in [-0.4, -0.2) is 14.5 Å². The summed E-state index contributed by atoms with van der Waals surface area (Å²) in [6, 6.07) is 5.50. The summed E-state index contributed by atoms with van der Waals surface area (Å²) >= 11 is 3.22. The predicted molar refractivity (Wildman–Crippen MR) is 74.1 cm³/mol. The van der Waals surface area contributed by atoms with Gasteiger partial charge in [0.2, 0.25) is 0 Å². The van der Waals surface area contributed by atoms with Crippen molar-refractivity contribution in [2.75, 3.05) is 0 Å². The lowest BCUT2D eigenvalue weighted by atomic mass is 9.96. The quantitative estimate of drug-likeness (QED) is 0.628. The summed E-state index contributed by atoms with van der Waals surface area (Å²) in [4.78, 5) is 14.8. The fraction of sp³-hybridized carbons (Fsp3) is 0.308. The lowest BCUT2D eigenvalue weighted by Gasteiger charge is -2.25. The van der Waals surface area contributed by atoms with Gasteiger partial charge in [-0.15, -0.1) is 0 Å². The monoisotopic (exact) mass is 321 g/mol. The van der Waals surface area contributed by atoms with E-state index < -0.39 is 0 Å². The molecule has 1 atom stereocenters. The smallest absolute Gasteiger partial charge is 0.283 e. The van der Waals surface area contributed by atoms with E-state index in [1.54, 1.807) is 12.1 Å². The van der Waals surface area contributed by atoms with Crippen LogP contribution < -0.4 is 0 Å². The maximum Gasteiger partial charge on any atom is 0.283 e. The van der Waals surface area contributed by atoms with Crippen molar-refractivity contribution in [1.82, 2.24) is 9.55 Å². The number of nitrogens with zero attached hydrogens (tertiary/aromatic N) is 3. The molecular weight excluding hydrogens is 310 g/mol. The fourth-order valence-electron chi connectivity index (χ4n) is 2.63. The Morgan fingerprint density at radius 2 is 2.32 bits per heavy atom. The van der Waals surface area contributed by atoms with E-state index in [4.69, 9.17) is 0 Å². The van der Waals surface area contributed by atoms with Crippen LogP contribution in [0.5, 0.6) is 0 Å². The van der Waals surface area contributed by atoms with E-state index in [1.807, 2.05) is 18.6 Å². The van der Waals surface area contributed by atoms with E-state index in [-0.39, 0.29) is 16.7 Å². The van der Waals surface area contributed by atoms with E-state index in [9.17, 15) is 10.1 Å². The zero-order valence-electron chi connectivity index (χ0n) is 10.1. The first-order chi connectivity index (χ1) is 9.16. The van der Waals surface area contributed by atoms with Gasteiger partial charge in [-0.25, -0.2) is 4.98 Å². The highest BCUT2D eigenvalue weighted by atomic mass is 79.9. The van der Waals surface area contributed by atoms with E-state index >= 15 is 0 Å². The highest BCUT2D eigenvalue weighted by molar-refractivity contribution is 9.10. The number of nitro benzene ring substituents is 1. The molecule has 2 heterocycles. The number of hydrogen-bond donors (Lipinski definition) is 0. The largest absolute Gasteiger partial charge is 0.327 e. The average Bonchev–Trinajstić information content (AvgIpc) is 2.87. The molecule has 98 valence electrons. The Bertz CT molecular complexity index is 639. The molecule has 5 nitrogen and oxygen atoms in total. The number of rotatable bonds is 2. The minimum atomic E-state index is -0.356. The second kappa shape index (κ2) is 4.77. The van der Waals surface area contributed by atoms with Crippen LogP contribution in [0.3, 0.4) is 0 Å². The Hall–Kier alpha value is -1.69. The van der Waals surface area contributed by atoms with Gasteiger partial charge in [0.05, 0.1) is 21.8 Å². The van der Waals surface area contributed by atoms with Gasteiger partial charge >= 0.3 is 0 Å². The molecule has 0 amide bonds. The molecule has 0 bridgehead atoms. The molecule has 0 N–H and O–H groups in total. The first kappa shape index (κ1) is 12.3. The first-order valence-corrected chi connectivity index (χ1v) is 6.90. The van der Waals surface area contributed by atoms with Gasteiger partial charge in [0.1, 0.15) is 0 Å². The third-order valence-electron chi connectivity index (χ3n) is 3.54. The maximum absolute atomic E-state index is 11.0. The third kappa shape index (κ3) is 2.16. The van der Waals surface area contributed by atoms with Crippen LogP contribution in [-0.2, 0) is 6.42 Å². The number of benzene rings is 1. The van der Waals surface area contributed by atoms with Crippen molar-refractivity contribution in [2.24, 2.45) is 0 Å². The van der Waals surface area contributed by atoms with Crippen molar-refractivity contribution in [2.45, 2.75) is 25.3 Å². The highest BCUT2D eigenvalue weighted by Gasteiger charge is 2.23. The lowest BCUT2D eigenvalue weighted by molar-refractivity contribution is -0.385. The van der Waals surface area contributed by atoms with Gasteiger partial charge in [-0.1, -0.05) is 6.07 Å². The van der Waals surface area contributed by atoms with Crippen LogP contribution in [0.15, 0.2) is 35.2 Å². The number of fused-ring (bicyclic) bond motifs is 1. The molecule has 0 saturated carbocycles. The molecule has 0 aliphatic carbocycles. The van der Waals surface area contributed by atoms with Crippen molar-refractivity contribution in [3.63, 3.8) is 0 Å². The standard InChI is InChI=1S/C13H12BrN3O2/c14-11-5-4-9(6-13(11)17(18)19)12-3-1-2-10-7-15-8-16(10)12/h4-8,12H,1-3H2. The summed E-state index contributed by atoms with van der Waals surface area (Å²) in [5.74, 6) is 0. The van der Waals surface area contributed by atoms with E-state index in [1.165, 1.54) is 5.69 Å². The zero-order chi connectivity index (χ0) is 13.4. The zero-order valence-corrected chi connectivity index (χ0v) is 11.7. The fourth-order valence-corrected chi connectivity index (χ4v) is 3.02. The summed E-state index contributed by atoms with van der Waals surface area (Å²) < 4.78 is 2.64. The number of aromatic nitrogens is 2. The topological polar surface area (TPSA) is 61.0 Å². The number of nitro groups is 1. The van der Waals surface area contributed by atoms with Crippen LogP contribution in [0.1, 0.15) is 30.1 Å². The molecule has 0 saturated heterocycles. The van der Waals surface area contributed by atoms with Crippen molar-refractivity contribution in [3.05, 3.63) is 56.6 Å². The average molecular weight is 322 g/mol. The van der Waals surface area contributed by atoms with Gasteiger partial charge in [0.25, 0.3) is 5.69 Å². The van der Waals surface area contributed by atoms with Crippen molar-refractivity contribution in [3.8, 4) is 0 Å². The lowest BCUT2D eigenvalue weighted by Crippen LogP contribution is -2.17. The highest BCUT2D eigenvalue weighted by Crippen LogP contribution is 2.34. The Morgan fingerprint density at radius 3 is 3.11 bits per heavy atom. The number of halogens is 1. The molecule has 0 radical (unpaired) electrons. The van der Waals surface area contributed by atoms with E-state index in [0.29, 0.717) is 4.47 Å². The summed E-state index contributed by atoms with van der Waals surface area (Å²) in [5, 5.41) is 11.0.